The molecule has 1 fully saturated rings. The van der Waals surface area contributed by atoms with E-state index in [2.05, 4.69) is 16.6 Å². The molecule has 0 saturated carbocycles. The van der Waals surface area contributed by atoms with E-state index in [4.69, 9.17) is 0 Å². The number of hydrogen-bond donors (Lipinski definition) is 0. The maximum atomic E-state index is 13.9. The lowest BCUT2D eigenvalue weighted by Gasteiger charge is -2.31. The first kappa shape index (κ1) is 15.3. The fourth-order valence-electron chi connectivity index (χ4n) is 2.36. The van der Waals surface area contributed by atoms with E-state index in [1.165, 1.54) is 19.2 Å². The third-order valence-corrected chi connectivity index (χ3v) is 4.90. The molecule has 1 aromatic carbocycles. The summed E-state index contributed by atoms with van der Waals surface area (Å²) in [7, 11) is 1.26. The van der Waals surface area contributed by atoms with Crippen LogP contribution in [0.2, 0.25) is 0 Å². The Balaban J connectivity index is 2.03. The predicted octanol–water partition coefficient (Wildman–Crippen LogP) is 2.94. The molecule has 0 aliphatic carbocycles. The molecule has 0 spiro atoms. The first-order valence-electron chi connectivity index (χ1n) is 6.84. The van der Waals surface area contributed by atoms with Crippen LogP contribution in [0.25, 0.3) is 0 Å². The number of carbonyl (C=O) groups is 1. The fraction of sp³-hybridized carbons (Fsp3) is 0.533. The number of thioether (sulfide) groups is 1. The van der Waals surface area contributed by atoms with Crippen LogP contribution in [0, 0.1) is 5.82 Å². The molecule has 1 atom stereocenters. The molecule has 1 heterocycles. The zero-order valence-corrected chi connectivity index (χ0v) is 12.7. The van der Waals surface area contributed by atoms with Gasteiger partial charge in [-0.3, -0.25) is 4.90 Å². The van der Waals surface area contributed by atoms with E-state index in [-0.39, 0.29) is 5.56 Å². The molecule has 0 aromatic heterocycles. The van der Waals surface area contributed by atoms with E-state index in [0.717, 1.165) is 37.4 Å². The topological polar surface area (TPSA) is 29.5 Å². The highest BCUT2D eigenvalue weighted by atomic mass is 32.2. The van der Waals surface area contributed by atoms with Crippen molar-refractivity contribution in [2.24, 2.45) is 0 Å². The number of hydrogen-bond acceptors (Lipinski definition) is 4. The minimum absolute atomic E-state index is 0.00288. The normalized spacial score (nSPS) is 19.9. The third kappa shape index (κ3) is 3.73. The Kier molecular flexibility index (Phi) is 5.43. The van der Waals surface area contributed by atoms with E-state index in [1.807, 2.05) is 11.8 Å². The molecule has 1 aliphatic rings. The number of esters is 1. The van der Waals surface area contributed by atoms with Gasteiger partial charge in [-0.05, 0) is 24.1 Å². The molecule has 2 rings (SSSR count). The summed E-state index contributed by atoms with van der Waals surface area (Å²) in [5.41, 5.74) is 0.897. The van der Waals surface area contributed by atoms with Gasteiger partial charge in [-0.2, -0.15) is 11.8 Å². The summed E-state index contributed by atoms with van der Waals surface area (Å²) >= 11 is 2.01. The second kappa shape index (κ2) is 7.09. The summed E-state index contributed by atoms with van der Waals surface area (Å²) in [6.45, 7) is 5.00. The van der Waals surface area contributed by atoms with E-state index in [1.54, 1.807) is 6.07 Å². The number of ether oxygens (including phenoxy) is 1. The van der Waals surface area contributed by atoms with Gasteiger partial charge in [-0.25, -0.2) is 9.18 Å². The maximum Gasteiger partial charge on any atom is 0.340 e. The molecule has 0 N–H and O–H groups in total. The highest BCUT2D eigenvalue weighted by Gasteiger charge is 2.19. The number of benzene rings is 1. The van der Waals surface area contributed by atoms with E-state index < -0.39 is 11.8 Å². The summed E-state index contributed by atoms with van der Waals surface area (Å²) in [6.07, 6.45) is 1.16. The predicted molar refractivity (Wildman–Crippen MR) is 79.6 cm³/mol. The number of methoxy groups -OCH3 is 1. The molecule has 1 aromatic rings. The summed E-state index contributed by atoms with van der Waals surface area (Å²) < 4.78 is 18.4. The number of nitrogens with zero attached hydrogens (tertiary/aromatic N) is 1. The van der Waals surface area contributed by atoms with Crippen molar-refractivity contribution < 1.29 is 13.9 Å². The molecule has 110 valence electrons. The average Bonchev–Trinajstić information content (AvgIpc) is 2.47. The Morgan fingerprint density at radius 3 is 3.00 bits per heavy atom. The van der Waals surface area contributed by atoms with Crippen LogP contribution < -0.4 is 0 Å². The molecular formula is C15H20FNO2S. The van der Waals surface area contributed by atoms with Gasteiger partial charge in [-0.15, -0.1) is 0 Å². The van der Waals surface area contributed by atoms with Crippen LogP contribution in [-0.2, 0) is 11.3 Å². The van der Waals surface area contributed by atoms with Gasteiger partial charge >= 0.3 is 5.97 Å². The van der Waals surface area contributed by atoms with Gasteiger partial charge in [0.05, 0.1) is 12.7 Å². The van der Waals surface area contributed by atoms with Crippen LogP contribution in [0.5, 0.6) is 0 Å². The van der Waals surface area contributed by atoms with Crippen molar-refractivity contribution in [1.82, 2.24) is 4.90 Å². The Bertz CT molecular complexity index is 481. The van der Waals surface area contributed by atoms with Crippen molar-refractivity contribution in [3.8, 4) is 0 Å². The summed E-state index contributed by atoms with van der Waals surface area (Å²) in [5.74, 6) is -0.0106. The summed E-state index contributed by atoms with van der Waals surface area (Å²) in [6, 6.07) is 4.75. The van der Waals surface area contributed by atoms with Gasteiger partial charge < -0.3 is 4.74 Å². The Labute approximate surface area is 123 Å². The average molecular weight is 297 g/mol. The number of halogens is 1. The number of carbonyl (C=O) groups excluding carboxylic acids is 1. The van der Waals surface area contributed by atoms with Crippen LogP contribution in [0.1, 0.15) is 29.3 Å². The van der Waals surface area contributed by atoms with Crippen molar-refractivity contribution in [3.63, 3.8) is 0 Å². The minimum Gasteiger partial charge on any atom is -0.465 e. The lowest BCUT2D eigenvalue weighted by atomic mass is 10.1. The summed E-state index contributed by atoms with van der Waals surface area (Å²) in [5, 5.41) is 0.669. The summed E-state index contributed by atoms with van der Waals surface area (Å²) in [4.78, 5) is 13.7. The van der Waals surface area contributed by atoms with Gasteiger partial charge in [0.1, 0.15) is 5.82 Å². The van der Waals surface area contributed by atoms with Crippen molar-refractivity contribution in [2.45, 2.75) is 25.1 Å². The van der Waals surface area contributed by atoms with Crippen molar-refractivity contribution in [2.75, 3.05) is 26.0 Å². The van der Waals surface area contributed by atoms with Gasteiger partial charge in [-0.1, -0.05) is 13.0 Å². The Morgan fingerprint density at radius 1 is 1.55 bits per heavy atom. The van der Waals surface area contributed by atoms with Crippen LogP contribution >= 0.6 is 11.8 Å². The molecule has 3 nitrogen and oxygen atoms in total. The van der Waals surface area contributed by atoms with Crippen LogP contribution in [-0.4, -0.2) is 42.1 Å². The molecular weight excluding hydrogens is 277 g/mol. The highest BCUT2D eigenvalue weighted by molar-refractivity contribution is 8.00. The van der Waals surface area contributed by atoms with Crippen LogP contribution in [0.15, 0.2) is 18.2 Å². The second-order valence-electron chi connectivity index (χ2n) is 4.94. The number of rotatable bonds is 4. The Morgan fingerprint density at radius 2 is 2.35 bits per heavy atom. The van der Waals surface area contributed by atoms with E-state index in [9.17, 15) is 9.18 Å². The molecule has 0 radical (unpaired) electrons. The van der Waals surface area contributed by atoms with Crippen molar-refractivity contribution in [3.05, 3.63) is 35.1 Å². The lowest BCUT2D eigenvalue weighted by molar-refractivity contribution is 0.0595. The van der Waals surface area contributed by atoms with Crippen LogP contribution in [0.4, 0.5) is 4.39 Å². The minimum atomic E-state index is -0.630. The maximum absolute atomic E-state index is 13.9. The second-order valence-corrected chi connectivity index (χ2v) is 6.35. The first-order valence-corrected chi connectivity index (χ1v) is 7.89. The van der Waals surface area contributed by atoms with Crippen molar-refractivity contribution >= 4 is 17.7 Å². The Hall–Kier alpha value is -1.07. The standard InChI is InChI=1S/C15H20FNO2S/c1-3-12-10-17(6-7-20-12)9-11-4-5-13(14(16)8-11)15(18)19-2/h4-5,8,12H,3,6-7,9-10H2,1-2H3. The van der Waals surface area contributed by atoms with Crippen LogP contribution in [0.3, 0.4) is 0 Å². The smallest absolute Gasteiger partial charge is 0.340 e. The highest BCUT2D eigenvalue weighted by Crippen LogP contribution is 2.23. The van der Waals surface area contributed by atoms with Gasteiger partial charge in [0.2, 0.25) is 0 Å². The largest absolute Gasteiger partial charge is 0.465 e. The quantitative estimate of drug-likeness (QED) is 0.799. The molecule has 5 heteroatoms. The first-order chi connectivity index (χ1) is 9.63. The van der Waals surface area contributed by atoms with E-state index >= 15 is 0 Å². The van der Waals surface area contributed by atoms with Gasteiger partial charge in [0.15, 0.2) is 0 Å². The molecule has 20 heavy (non-hydrogen) atoms. The van der Waals surface area contributed by atoms with Gasteiger partial charge in [0.25, 0.3) is 0 Å². The molecule has 1 aliphatic heterocycles. The lowest BCUT2D eigenvalue weighted by Crippen LogP contribution is -2.37. The SMILES string of the molecule is CCC1CN(Cc2ccc(C(=O)OC)c(F)c2)CCS1. The molecule has 1 unspecified atom stereocenters. The molecule has 0 bridgehead atoms. The monoisotopic (exact) mass is 297 g/mol. The van der Waals surface area contributed by atoms with Gasteiger partial charge in [0, 0.05) is 30.6 Å². The fourth-order valence-corrected chi connectivity index (χ4v) is 3.61. The molecule has 1 saturated heterocycles. The van der Waals surface area contributed by atoms with E-state index in [0.29, 0.717) is 5.25 Å². The zero-order chi connectivity index (χ0) is 14.5. The van der Waals surface area contributed by atoms with Crippen molar-refractivity contribution in [1.29, 1.82) is 0 Å². The third-order valence-electron chi connectivity index (χ3n) is 3.52. The molecule has 0 amide bonds. The zero-order valence-electron chi connectivity index (χ0n) is 11.9.